The van der Waals surface area contributed by atoms with Gasteiger partial charge in [-0.25, -0.2) is 0 Å². The highest BCUT2D eigenvalue weighted by atomic mass is 32.2. The van der Waals surface area contributed by atoms with E-state index in [1.165, 1.54) is 10.5 Å². The van der Waals surface area contributed by atoms with Crippen LogP contribution in [0.1, 0.15) is 18.4 Å². The van der Waals surface area contributed by atoms with Gasteiger partial charge in [0.2, 0.25) is 0 Å². The summed E-state index contributed by atoms with van der Waals surface area (Å²) in [7, 11) is 2.02. The van der Waals surface area contributed by atoms with E-state index in [1.807, 2.05) is 7.05 Å². The zero-order valence-electron chi connectivity index (χ0n) is 10.3. The number of carboxylic acid groups (broad SMARTS) is 1. The molecule has 1 rings (SSSR count). The molecule has 3 nitrogen and oxygen atoms in total. The Morgan fingerprint density at radius 1 is 1.35 bits per heavy atom. The third-order valence-corrected chi connectivity index (χ3v) is 3.29. The number of hydrogen-bond acceptors (Lipinski definition) is 3. The van der Waals surface area contributed by atoms with E-state index in [9.17, 15) is 4.79 Å². The van der Waals surface area contributed by atoms with E-state index in [0.717, 1.165) is 13.1 Å². The maximum absolute atomic E-state index is 10.4. The van der Waals surface area contributed by atoms with Gasteiger partial charge in [0.25, 0.3) is 0 Å². The van der Waals surface area contributed by atoms with E-state index in [0.29, 0.717) is 6.42 Å². The molecular formula is C13H19NO2S. The number of hydrogen-bond donors (Lipinski definition) is 1. The maximum Gasteiger partial charge on any atom is 0.303 e. The molecule has 94 valence electrons. The molecule has 0 fully saturated rings. The molecule has 0 aliphatic heterocycles. The summed E-state index contributed by atoms with van der Waals surface area (Å²) in [6.07, 6.45) is 3.01. The molecule has 0 aliphatic rings. The second-order valence-corrected chi connectivity index (χ2v) is 4.96. The van der Waals surface area contributed by atoms with Crippen molar-refractivity contribution in [2.75, 3.05) is 19.8 Å². The van der Waals surface area contributed by atoms with Crippen LogP contribution < -0.4 is 0 Å². The Morgan fingerprint density at radius 3 is 2.53 bits per heavy atom. The predicted octanol–water partition coefficient (Wildman–Crippen LogP) is 2.71. The molecular weight excluding hydrogens is 234 g/mol. The van der Waals surface area contributed by atoms with Crippen LogP contribution in [-0.4, -0.2) is 35.8 Å². The Hall–Kier alpha value is -1.00. The van der Waals surface area contributed by atoms with Gasteiger partial charge in [-0.1, -0.05) is 12.1 Å². The summed E-state index contributed by atoms with van der Waals surface area (Å²) in [6.45, 7) is 1.69. The van der Waals surface area contributed by atoms with Crippen molar-refractivity contribution >= 4 is 17.7 Å². The number of rotatable bonds is 7. The normalized spacial score (nSPS) is 10.8. The molecule has 0 bridgehead atoms. The number of benzene rings is 1. The second kappa shape index (κ2) is 7.35. The van der Waals surface area contributed by atoms with Crippen LogP contribution in [0.15, 0.2) is 29.2 Å². The van der Waals surface area contributed by atoms with Crippen LogP contribution in [0, 0.1) is 0 Å². The predicted molar refractivity (Wildman–Crippen MR) is 71.4 cm³/mol. The van der Waals surface area contributed by atoms with Crippen molar-refractivity contribution in [2.24, 2.45) is 0 Å². The fourth-order valence-electron chi connectivity index (χ4n) is 1.62. The van der Waals surface area contributed by atoms with Crippen molar-refractivity contribution in [3.05, 3.63) is 29.8 Å². The third kappa shape index (κ3) is 5.75. The molecule has 0 spiro atoms. The molecule has 0 saturated carbocycles. The van der Waals surface area contributed by atoms with E-state index >= 15 is 0 Å². The minimum atomic E-state index is -0.720. The highest BCUT2D eigenvalue weighted by Gasteiger charge is 2.02. The lowest BCUT2D eigenvalue weighted by Crippen LogP contribution is -2.19. The fourth-order valence-corrected chi connectivity index (χ4v) is 2.03. The first kappa shape index (κ1) is 14.1. The second-order valence-electron chi connectivity index (χ2n) is 4.08. The van der Waals surface area contributed by atoms with Gasteiger partial charge in [0.05, 0.1) is 0 Å². The number of carbonyl (C=O) groups is 1. The topological polar surface area (TPSA) is 40.5 Å². The van der Waals surface area contributed by atoms with Crippen molar-refractivity contribution < 1.29 is 9.90 Å². The van der Waals surface area contributed by atoms with E-state index in [2.05, 4.69) is 35.4 Å². The van der Waals surface area contributed by atoms with E-state index in [4.69, 9.17) is 5.11 Å². The van der Waals surface area contributed by atoms with Crippen LogP contribution in [0.2, 0.25) is 0 Å². The van der Waals surface area contributed by atoms with Crippen molar-refractivity contribution in [1.82, 2.24) is 4.90 Å². The molecule has 0 aliphatic carbocycles. The van der Waals surface area contributed by atoms with Crippen molar-refractivity contribution in [2.45, 2.75) is 24.3 Å². The summed E-state index contributed by atoms with van der Waals surface area (Å²) in [5.41, 5.74) is 1.26. The summed E-state index contributed by atoms with van der Waals surface area (Å²) in [6, 6.07) is 8.48. The van der Waals surface area contributed by atoms with E-state index in [-0.39, 0.29) is 6.42 Å². The average molecular weight is 253 g/mol. The molecule has 1 N–H and O–H groups in total. The van der Waals surface area contributed by atoms with E-state index < -0.39 is 5.97 Å². The Kier molecular flexibility index (Phi) is 6.08. The number of carboxylic acids is 1. The lowest BCUT2D eigenvalue weighted by atomic mass is 10.2. The van der Waals surface area contributed by atoms with Gasteiger partial charge in [0.1, 0.15) is 0 Å². The van der Waals surface area contributed by atoms with Crippen molar-refractivity contribution in [3.8, 4) is 0 Å². The molecule has 1 aromatic carbocycles. The summed E-state index contributed by atoms with van der Waals surface area (Å²) in [4.78, 5) is 13.8. The summed E-state index contributed by atoms with van der Waals surface area (Å²) < 4.78 is 0. The Labute approximate surface area is 107 Å². The molecule has 4 heteroatoms. The first-order valence-electron chi connectivity index (χ1n) is 5.65. The van der Waals surface area contributed by atoms with Crippen LogP contribution in [0.5, 0.6) is 0 Å². The van der Waals surface area contributed by atoms with Gasteiger partial charge in [-0.15, -0.1) is 11.8 Å². The molecule has 17 heavy (non-hydrogen) atoms. The lowest BCUT2D eigenvalue weighted by Gasteiger charge is -2.16. The molecule has 0 unspecified atom stereocenters. The molecule has 0 heterocycles. The van der Waals surface area contributed by atoms with E-state index in [1.54, 1.807) is 11.8 Å². The van der Waals surface area contributed by atoms with Gasteiger partial charge < -0.3 is 10.0 Å². The maximum atomic E-state index is 10.4. The Bertz CT molecular complexity index is 351. The Balaban J connectivity index is 2.34. The van der Waals surface area contributed by atoms with Crippen LogP contribution in [0.4, 0.5) is 0 Å². The zero-order chi connectivity index (χ0) is 12.7. The van der Waals surface area contributed by atoms with Crippen LogP contribution in [-0.2, 0) is 11.3 Å². The zero-order valence-corrected chi connectivity index (χ0v) is 11.2. The summed E-state index contributed by atoms with van der Waals surface area (Å²) in [5, 5.41) is 8.55. The smallest absolute Gasteiger partial charge is 0.303 e. The van der Waals surface area contributed by atoms with Crippen LogP contribution >= 0.6 is 11.8 Å². The minimum Gasteiger partial charge on any atom is -0.481 e. The van der Waals surface area contributed by atoms with Gasteiger partial charge in [-0.05, 0) is 44.0 Å². The van der Waals surface area contributed by atoms with Gasteiger partial charge in [0, 0.05) is 17.9 Å². The van der Waals surface area contributed by atoms with Crippen molar-refractivity contribution in [1.29, 1.82) is 0 Å². The minimum absolute atomic E-state index is 0.246. The monoisotopic (exact) mass is 253 g/mol. The number of thioether (sulfide) groups is 1. The Morgan fingerprint density at radius 2 is 2.00 bits per heavy atom. The van der Waals surface area contributed by atoms with Crippen LogP contribution in [0.3, 0.4) is 0 Å². The van der Waals surface area contributed by atoms with Crippen molar-refractivity contribution in [3.63, 3.8) is 0 Å². The first-order valence-corrected chi connectivity index (χ1v) is 6.87. The summed E-state index contributed by atoms with van der Waals surface area (Å²) in [5.74, 6) is -0.720. The quantitative estimate of drug-likeness (QED) is 0.759. The van der Waals surface area contributed by atoms with Crippen LogP contribution in [0.25, 0.3) is 0 Å². The molecule has 1 aromatic rings. The van der Waals surface area contributed by atoms with Gasteiger partial charge in [0.15, 0.2) is 0 Å². The molecule has 0 amide bonds. The standard InChI is InChI=1S/C13H19NO2S/c1-14(9-3-4-13(15)16)10-11-5-7-12(17-2)8-6-11/h5-8H,3-4,9-10H2,1-2H3,(H,15,16). The average Bonchev–Trinajstić information content (AvgIpc) is 2.29. The number of nitrogens with zero attached hydrogens (tertiary/aromatic N) is 1. The molecule has 0 radical (unpaired) electrons. The highest BCUT2D eigenvalue weighted by Crippen LogP contribution is 2.15. The fraction of sp³-hybridized carbons (Fsp3) is 0.462. The van der Waals surface area contributed by atoms with Gasteiger partial charge >= 0.3 is 5.97 Å². The van der Waals surface area contributed by atoms with Gasteiger partial charge in [-0.3, -0.25) is 4.79 Å². The molecule has 0 saturated heterocycles. The van der Waals surface area contributed by atoms with Gasteiger partial charge in [-0.2, -0.15) is 0 Å². The lowest BCUT2D eigenvalue weighted by molar-refractivity contribution is -0.137. The molecule has 0 atom stereocenters. The largest absolute Gasteiger partial charge is 0.481 e. The summed E-state index contributed by atoms with van der Waals surface area (Å²) >= 11 is 1.73. The number of aliphatic carboxylic acids is 1. The molecule has 0 aromatic heterocycles. The SMILES string of the molecule is CSc1ccc(CN(C)CCCC(=O)O)cc1. The first-order chi connectivity index (χ1) is 8.11. The third-order valence-electron chi connectivity index (χ3n) is 2.54. The highest BCUT2D eigenvalue weighted by molar-refractivity contribution is 7.98.